The predicted octanol–water partition coefficient (Wildman–Crippen LogP) is 5.38. The zero-order chi connectivity index (χ0) is 25.4. The highest BCUT2D eigenvalue weighted by Crippen LogP contribution is 2.34. The molecule has 0 radical (unpaired) electrons. The van der Waals surface area contributed by atoms with Crippen molar-refractivity contribution in [2.24, 2.45) is 0 Å². The minimum atomic E-state index is -0.271. The predicted molar refractivity (Wildman–Crippen MR) is 141 cm³/mol. The molecule has 0 unspecified atom stereocenters. The van der Waals surface area contributed by atoms with Crippen LogP contribution in [0.15, 0.2) is 54.7 Å². The van der Waals surface area contributed by atoms with Crippen molar-refractivity contribution < 1.29 is 14.3 Å². The van der Waals surface area contributed by atoms with Crippen LogP contribution in [-0.4, -0.2) is 40.2 Å². The Morgan fingerprint density at radius 1 is 1.14 bits per heavy atom. The van der Waals surface area contributed by atoms with E-state index in [0.717, 1.165) is 17.5 Å². The molecule has 4 aromatic rings. The molecule has 5 rings (SSSR count). The number of ether oxygens (including phenoxy) is 1. The summed E-state index contributed by atoms with van der Waals surface area (Å²) < 4.78 is 7.39. The lowest BCUT2D eigenvalue weighted by atomic mass is 10.0. The normalized spacial score (nSPS) is 13.6. The summed E-state index contributed by atoms with van der Waals surface area (Å²) in [6.07, 6.45) is 3.06. The number of amides is 2. The lowest BCUT2D eigenvalue weighted by Gasteiger charge is -2.20. The number of aryl methyl sites for hydroxylation is 1. The summed E-state index contributed by atoms with van der Waals surface area (Å²) >= 11 is 0. The Balaban J connectivity index is 1.55. The Labute approximate surface area is 209 Å². The number of anilines is 2. The maximum Gasteiger partial charge on any atom is 0.256 e. The van der Waals surface area contributed by atoms with Gasteiger partial charge in [0.15, 0.2) is 5.65 Å². The highest BCUT2D eigenvalue weighted by molar-refractivity contribution is 6.13. The molecule has 0 saturated carbocycles. The van der Waals surface area contributed by atoms with Crippen molar-refractivity contribution in [3.05, 3.63) is 65.9 Å². The first-order valence-electron chi connectivity index (χ1n) is 12.1. The van der Waals surface area contributed by atoms with Gasteiger partial charge >= 0.3 is 0 Å². The fourth-order valence-corrected chi connectivity index (χ4v) is 4.66. The summed E-state index contributed by atoms with van der Waals surface area (Å²) in [6.45, 7) is 6.76. The molecule has 2 aromatic heterocycles. The van der Waals surface area contributed by atoms with Gasteiger partial charge in [0.25, 0.3) is 5.91 Å². The Kier molecular flexibility index (Phi) is 6.18. The van der Waals surface area contributed by atoms with Crippen LogP contribution >= 0.6 is 0 Å². The highest BCUT2D eigenvalue weighted by atomic mass is 16.5. The Morgan fingerprint density at radius 2 is 1.94 bits per heavy atom. The lowest BCUT2D eigenvalue weighted by molar-refractivity contribution is -0.117. The van der Waals surface area contributed by atoms with Crippen LogP contribution in [-0.2, 0) is 4.79 Å². The number of pyridine rings is 1. The van der Waals surface area contributed by atoms with E-state index in [4.69, 9.17) is 9.72 Å². The topological polar surface area (TPSA) is 89.3 Å². The quantitative estimate of drug-likeness (QED) is 0.398. The lowest BCUT2D eigenvalue weighted by Crippen LogP contribution is -2.24. The van der Waals surface area contributed by atoms with E-state index in [1.165, 1.54) is 0 Å². The minimum absolute atomic E-state index is 0.0789. The number of methoxy groups -OCH3 is 1. The molecule has 1 fully saturated rings. The summed E-state index contributed by atoms with van der Waals surface area (Å²) in [5.74, 6) is 0.346. The van der Waals surface area contributed by atoms with E-state index in [0.29, 0.717) is 52.4 Å². The van der Waals surface area contributed by atoms with Crippen LogP contribution in [0.3, 0.4) is 0 Å². The first-order chi connectivity index (χ1) is 17.4. The summed E-state index contributed by atoms with van der Waals surface area (Å²) in [5.41, 5.74) is 5.19. The van der Waals surface area contributed by atoms with Crippen molar-refractivity contribution in [3.63, 3.8) is 0 Å². The molecule has 0 atom stereocenters. The Bertz CT molecular complexity index is 1470. The molecule has 1 aliphatic heterocycles. The van der Waals surface area contributed by atoms with Crippen LogP contribution < -0.4 is 15.0 Å². The zero-order valence-electron chi connectivity index (χ0n) is 20.9. The number of carbonyl (C=O) groups excluding carboxylic acids is 2. The molecule has 2 aromatic carbocycles. The minimum Gasteiger partial charge on any atom is -0.494 e. The maximum atomic E-state index is 13.6. The van der Waals surface area contributed by atoms with E-state index in [-0.39, 0.29) is 17.9 Å². The molecule has 1 N–H and O–H groups in total. The van der Waals surface area contributed by atoms with Gasteiger partial charge < -0.3 is 15.0 Å². The van der Waals surface area contributed by atoms with Gasteiger partial charge in [-0.05, 0) is 51.0 Å². The third-order valence-electron chi connectivity index (χ3n) is 6.52. The zero-order valence-corrected chi connectivity index (χ0v) is 20.9. The van der Waals surface area contributed by atoms with Crippen LogP contribution in [0.1, 0.15) is 48.7 Å². The molecule has 0 spiro atoms. The van der Waals surface area contributed by atoms with Crippen molar-refractivity contribution in [3.8, 4) is 17.0 Å². The standard InChI is InChI=1S/C28H29N5O3/c1-17(2)33-27-22(16-29-33)21(15-23(31-27)20-9-6-5-8-18(20)3)28(35)30-19-11-12-24(25(14-19)36-4)32-13-7-10-26(32)34/h5-6,8-9,11-12,14-17H,7,10,13H2,1-4H3,(H,30,35). The van der Waals surface area contributed by atoms with Crippen LogP contribution in [0.5, 0.6) is 5.75 Å². The summed E-state index contributed by atoms with van der Waals surface area (Å²) in [6, 6.07) is 15.2. The molecular weight excluding hydrogens is 454 g/mol. The van der Waals surface area contributed by atoms with Crippen molar-refractivity contribution in [2.75, 3.05) is 23.9 Å². The van der Waals surface area contributed by atoms with Crippen molar-refractivity contribution in [1.29, 1.82) is 0 Å². The van der Waals surface area contributed by atoms with Gasteiger partial charge in [-0.2, -0.15) is 5.10 Å². The number of aromatic nitrogens is 3. The third kappa shape index (κ3) is 4.19. The highest BCUT2D eigenvalue weighted by Gasteiger charge is 2.25. The number of hydrogen-bond acceptors (Lipinski definition) is 5. The summed E-state index contributed by atoms with van der Waals surface area (Å²) in [5, 5.41) is 8.19. The average molecular weight is 484 g/mol. The number of nitrogens with one attached hydrogen (secondary N) is 1. The molecule has 1 saturated heterocycles. The second-order valence-electron chi connectivity index (χ2n) is 9.28. The van der Waals surface area contributed by atoms with Gasteiger partial charge in [-0.3, -0.25) is 9.59 Å². The fraction of sp³-hybridized carbons (Fsp3) is 0.286. The molecule has 36 heavy (non-hydrogen) atoms. The molecule has 2 amide bonds. The van der Waals surface area contributed by atoms with E-state index >= 15 is 0 Å². The number of carbonyl (C=O) groups is 2. The largest absolute Gasteiger partial charge is 0.494 e. The van der Waals surface area contributed by atoms with Crippen LogP contribution in [0.2, 0.25) is 0 Å². The number of rotatable bonds is 6. The van der Waals surface area contributed by atoms with Crippen LogP contribution in [0.25, 0.3) is 22.3 Å². The second kappa shape index (κ2) is 9.45. The molecular formula is C28H29N5O3. The van der Waals surface area contributed by atoms with E-state index in [1.54, 1.807) is 30.3 Å². The van der Waals surface area contributed by atoms with Crippen LogP contribution in [0, 0.1) is 6.92 Å². The SMILES string of the molecule is COc1cc(NC(=O)c2cc(-c3ccccc3C)nc3c2cnn3C(C)C)ccc1N1CCCC1=O. The van der Waals surface area contributed by atoms with Gasteiger partial charge in [-0.15, -0.1) is 0 Å². The average Bonchev–Trinajstić information content (AvgIpc) is 3.49. The van der Waals surface area contributed by atoms with Crippen LogP contribution in [0.4, 0.5) is 11.4 Å². The Morgan fingerprint density at radius 3 is 2.64 bits per heavy atom. The summed E-state index contributed by atoms with van der Waals surface area (Å²) in [7, 11) is 1.56. The fourth-order valence-electron chi connectivity index (χ4n) is 4.66. The molecule has 8 heteroatoms. The molecule has 0 bridgehead atoms. The van der Waals surface area contributed by atoms with Crippen molar-refractivity contribution in [1.82, 2.24) is 14.8 Å². The first kappa shape index (κ1) is 23.5. The van der Waals surface area contributed by atoms with Gasteiger partial charge in [0, 0.05) is 36.3 Å². The third-order valence-corrected chi connectivity index (χ3v) is 6.52. The molecule has 0 aliphatic carbocycles. The van der Waals surface area contributed by atoms with E-state index in [2.05, 4.69) is 10.4 Å². The summed E-state index contributed by atoms with van der Waals surface area (Å²) in [4.78, 5) is 32.4. The monoisotopic (exact) mass is 483 g/mol. The van der Waals surface area contributed by atoms with E-state index in [1.807, 2.05) is 61.9 Å². The molecule has 8 nitrogen and oxygen atoms in total. The van der Waals surface area contributed by atoms with Crippen molar-refractivity contribution in [2.45, 2.75) is 39.7 Å². The molecule has 184 valence electrons. The smallest absolute Gasteiger partial charge is 0.256 e. The van der Waals surface area contributed by atoms with Gasteiger partial charge in [-0.1, -0.05) is 24.3 Å². The molecule has 1 aliphatic rings. The van der Waals surface area contributed by atoms with E-state index < -0.39 is 0 Å². The first-order valence-corrected chi connectivity index (χ1v) is 12.1. The van der Waals surface area contributed by atoms with Gasteiger partial charge in [0.2, 0.25) is 5.91 Å². The number of benzene rings is 2. The maximum absolute atomic E-state index is 13.6. The van der Waals surface area contributed by atoms with E-state index in [9.17, 15) is 9.59 Å². The molecule has 3 heterocycles. The van der Waals surface area contributed by atoms with Gasteiger partial charge in [-0.25, -0.2) is 9.67 Å². The number of nitrogens with zero attached hydrogens (tertiary/aromatic N) is 4. The van der Waals surface area contributed by atoms with Gasteiger partial charge in [0.05, 0.1) is 35.6 Å². The van der Waals surface area contributed by atoms with Gasteiger partial charge in [0.1, 0.15) is 5.75 Å². The number of fused-ring (bicyclic) bond motifs is 1. The van der Waals surface area contributed by atoms with Crippen molar-refractivity contribution >= 4 is 34.2 Å². The number of hydrogen-bond donors (Lipinski definition) is 1. The Hall–Kier alpha value is -4.20. The second-order valence-corrected chi connectivity index (χ2v) is 9.28.